The molecule has 4 aliphatic rings. The number of anilines is 2. The quantitative estimate of drug-likeness (QED) is 0.803. The van der Waals surface area contributed by atoms with Gasteiger partial charge >= 0.3 is 0 Å². The van der Waals surface area contributed by atoms with Crippen LogP contribution < -0.4 is 9.80 Å². The lowest BCUT2D eigenvalue weighted by Gasteiger charge is -2.31. The molecule has 0 aliphatic carbocycles. The monoisotopic (exact) mass is 383 g/mol. The molecule has 5 rings (SSSR count). The standard InChI is InChI=1S/C23H33N3O2/c1-18-3-2-12-25(18)21-8-13-24(17-21)19-4-6-20(7-5-19)26-14-9-23(22(26)27)10-15-28-16-11-23/h4-7,18,21H,2-3,8-17H2,1H3/t18-,21-/m0/s1. The maximum atomic E-state index is 13.1. The van der Waals surface area contributed by atoms with Gasteiger partial charge < -0.3 is 14.5 Å². The minimum Gasteiger partial charge on any atom is -0.381 e. The lowest BCUT2D eigenvalue weighted by atomic mass is 9.79. The van der Waals surface area contributed by atoms with E-state index in [1.54, 1.807) is 0 Å². The van der Waals surface area contributed by atoms with Gasteiger partial charge in [0.2, 0.25) is 5.91 Å². The molecule has 0 saturated carbocycles. The Labute approximate surface area is 168 Å². The second-order valence-corrected chi connectivity index (χ2v) is 9.23. The van der Waals surface area contributed by atoms with Crippen LogP contribution in [0.4, 0.5) is 11.4 Å². The molecular weight excluding hydrogens is 350 g/mol. The molecule has 0 bridgehead atoms. The van der Waals surface area contributed by atoms with Crippen LogP contribution in [0.3, 0.4) is 0 Å². The summed E-state index contributed by atoms with van der Waals surface area (Å²) in [5.74, 6) is 0.313. The highest BCUT2D eigenvalue weighted by Gasteiger charge is 2.47. The van der Waals surface area contributed by atoms with Crippen LogP contribution in [0.2, 0.25) is 0 Å². The Morgan fingerprint density at radius 1 is 0.964 bits per heavy atom. The van der Waals surface area contributed by atoms with Crippen molar-refractivity contribution < 1.29 is 9.53 Å². The van der Waals surface area contributed by atoms with Crippen molar-refractivity contribution in [3.05, 3.63) is 24.3 Å². The zero-order valence-corrected chi connectivity index (χ0v) is 17.1. The molecule has 4 saturated heterocycles. The van der Waals surface area contributed by atoms with Gasteiger partial charge in [-0.25, -0.2) is 0 Å². The molecule has 4 aliphatic heterocycles. The highest BCUT2D eigenvalue weighted by Crippen LogP contribution is 2.42. The number of carbonyl (C=O) groups is 1. The highest BCUT2D eigenvalue weighted by molar-refractivity contribution is 6.00. The Kier molecular flexibility index (Phi) is 4.84. The van der Waals surface area contributed by atoms with E-state index in [0.29, 0.717) is 11.9 Å². The number of rotatable bonds is 3. The Bertz CT molecular complexity index is 713. The number of ether oxygens (including phenoxy) is 1. The molecule has 5 nitrogen and oxygen atoms in total. The van der Waals surface area contributed by atoms with Crippen molar-refractivity contribution in [3.8, 4) is 0 Å². The summed E-state index contributed by atoms with van der Waals surface area (Å²) in [6, 6.07) is 10.2. The van der Waals surface area contributed by atoms with Crippen molar-refractivity contribution in [1.82, 2.24) is 4.90 Å². The van der Waals surface area contributed by atoms with Crippen molar-refractivity contribution in [2.45, 2.75) is 57.5 Å². The largest absolute Gasteiger partial charge is 0.381 e. The molecular formula is C23H33N3O2. The van der Waals surface area contributed by atoms with Crippen molar-refractivity contribution in [2.75, 3.05) is 49.2 Å². The molecule has 1 aromatic carbocycles. The number of amides is 1. The van der Waals surface area contributed by atoms with Crippen molar-refractivity contribution in [3.63, 3.8) is 0 Å². The van der Waals surface area contributed by atoms with E-state index in [0.717, 1.165) is 63.8 Å². The topological polar surface area (TPSA) is 36.0 Å². The number of hydrogen-bond acceptors (Lipinski definition) is 4. The van der Waals surface area contributed by atoms with Gasteiger partial charge in [-0.2, -0.15) is 0 Å². The lowest BCUT2D eigenvalue weighted by molar-refractivity contribution is -0.130. The van der Waals surface area contributed by atoms with E-state index in [4.69, 9.17) is 4.74 Å². The first-order chi connectivity index (χ1) is 13.7. The molecule has 28 heavy (non-hydrogen) atoms. The van der Waals surface area contributed by atoms with E-state index in [2.05, 4.69) is 41.0 Å². The van der Waals surface area contributed by atoms with E-state index < -0.39 is 0 Å². The van der Waals surface area contributed by atoms with Gasteiger partial charge in [0.15, 0.2) is 0 Å². The SMILES string of the molecule is C[C@H]1CCCN1[C@H]1CCN(c2ccc(N3CCC4(CCOCC4)C3=O)cc2)C1. The van der Waals surface area contributed by atoms with Crippen LogP contribution in [0.5, 0.6) is 0 Å². The van der Waals surface area contributed by atoms with Crippen molar-refractivity contribution >= 4 is 17.3 Å². The van der Waals surface area contributed by atoms with E-state index in [1.807, 2.05) is 4.90 Å². The number of likely N-dealkylation sites (tertiary alicyclic amines) is 1. The first kappa shape index (κ1) is 18.4. The van der Waals surface area contributed by atoms with E-state index in [-0.39, 0.29) is 5.41 Å². The first-order valence-electron chi connectivity index (χ1n) is 11.2. The van der Waals surface area contributed by atoms with Gasteiger partial charge in [-0.05, 0) is 76.3 Å². The summed E-state index contributed by atoms with van der Waals surface area (Å²) in [6.45, 7) is 8.21. The van der Waals surface area contributed by atoms with E-state index in [1.165, 1.54) is 31.5 Å². The number of benzene rings is 1. The van der Waals surface area contributed by atoms with E-state index in [9.17, 15) is 4.79 Å². The molecule has 0 aromatic heterocycles. The molecule has 1 amide bonds. The Morgan fingerprint density at radius 3 is 2.43 bits per heavy atom. The average Bonchev–Trinajstić information content (AvgIpc) is 3.44. The molecule has 1 aromatic rings. The van der Waals surface area contributed by atoms with Crippen LogP contribution in [-0.2, 0) is 9.53 Å². The van der Waals surface area contributed by atoms with Gasteiger partial charge in [0, 0.05) is 56.3 Å². The summed E-state index contributed by atoms with van der Waals surface area (Å²) in [5.41, 5.74) is 2.19. The van der Waals surface area contributed by atoms with Gasteiger partial charge in [0.1, 0.15) is 0 Å². The molecule has 0 radical (unpaired) electrons. The molecule has 0 N–H and O–H groups in total. The van der Waals surface area contributed by atoms with Crippen LogP contribution >= 0.6 is 0 Å². The Hall–Kier alpha value is -1.59. The average molecular weight is 384 g/mol. The normalized spacial score (nSPS) is 30.7. The number of nitrogens with zero attached hydrogens (tertiary/aromatic N) is 3. The number of carbonyl (C=O) groups excluding carboxylic acids is 1. The van der Waals surface area contributed by atoms with Crippen LogP contribution in [0.15, 0.2) is 24.3 Å². The third-order valence-corrected chi connectivity index (χ3v) is 7.73. The second-order valence-electron chi connectivity index (χ2n) is 9.23. The predicted octanol–water partition coefficient (Wildman–Crippen LogP) is 3.28. The summed E-state index contributed by atoms with van der Waals surface area (Å²) in [4.78, 5) is 20.3. The van der Waals surface area contributed by atoms with Crippen molar-refractivity contribution in [1.29, 1.82) is 0 Å². The number of hydrogen-bond donors (Lipinski definition) is 0. The fraction of sp³-hybridized carbons (Fsp3) is 0.696. The van der Waals surface area contributed by atoms with Gasteiger partial charge in [-0.15, -0.1) is 0 Å². The maximum absolute atomic E-state index is 13.1. The molecule has 4 heterocycles. The summed E-state index contributed by atoms with van der Waals surface area (Å²) in [7, 11) is 0. The smallest absolute Gasteiger partial charge is 0.233 e. The Morgan fingerprint density at radius 2 is 1.71 bits per heavy atom. The molecule has 4 fully saturated rings. The summed E-state index contributed by atoms with van der Waals surface area (Å²) in [6.07, 6.45) is 6.70. The molecule has 2 atom stereocenters. The highest BCUT2D eigenvalue weighted by atomic mass is 16.5. The lowest BCUT2D eigenvalue weighted by Crippen LogP contribution is -2.39. The third-order valence-electron chi connectivity index (χ3n) is 7.73. The zero-order valence-electron chi connectivity index (χ0n) is 17.1. The van der Waals surface area contributed by atoms with Gasteiger partial charge in [0.05, 0.1) is 5.41 Å². The summed E-state index contributed by atoms with van der Waals surface area (Å²) >= 11 is 0. The fourth-order valence-corrected chi connectivity index (χ4v) is 5.88. The maximum Gasteiger partial charge on any atom is 0.233 e. The molecule has 1 spiro atoms. The second kappa shape index (κ2) is 7.34. The van der Waals surface area contributed by atoms with Crippen LogP contribution in [0, 0.1) is 5.41 Å². The van der Waals surface area contributed by atoms with Crippen LogP contribution in [0.1, 0.15) is 45.4 Å². The summed E-state index contributed by atoms with van der Waals surface area (Å²) < 4.78 is 5.49. The zero-order chi connectivity index (χ0) is 19.1. The van der Waals surface area contributed by atoms with Crippen LogP contribution in [-0.4, -0.2) is 62.3 Å². The summed E-state index contributed by atoms with van der Waals surface area (Å²) in [5, 5.41) is 0. The molecule has 152 valence electrons. The minimum atomic E-state index is -0.161. The van der Waals surface area contributed by atoms with Gasteiger partial charge in [-0.3, -0.25) is 9.69 Å². The third kappa shape index (κ3) is 3.13. The van der Waals surface area contributed by atoms with Crippen molar-refractivity contribution in [2.24, 2.45) is 5.41 Å². The Balaban J connectivity index is 1.25. The van der Waals surface area contributed by atoms with Gasteiger partial charge in [0.25, 0.3) is 0 Å². The predicted molar refractivity (Wildman–Crippen MR) is 112 cm³/mol. The minimum absolute atomic E-state index is 0.161. The fourth-order valence-electron chi connectivity index (χ4n) is 5.88. The van der Waals surface area contributed by atoms with Crippen LogP contribution in [0.25, 0.3) is 0 Å². The molecule has 0 unspecified atom stereocenters. The molecule has 5 heteroatoms. The first-order valence-corrected chi connectivity index (χ1v) is 11.2. The van der Waals surface area contributed by atoms with Gasteiger partial charge in [-0.1, -0.05) is 0 Å². The van der Waals surface area contributed by atoms with E-state index >= 15 is 0 Å².